The summed E-state index contributed by atoms with van der Waals surface area (Å²) in [5, 5.41) is 21.6. The van der Waals surface area contributed by atoms with Crippen LogP contribution in [-0.2, 0) is 0 Å². The first kappa shape index (κ1) is 24.6. The van der Waals surface area contributed by atoms with Gasteiger partial charge in [0.25, 0.3) is 5.91 Å². The number of amides is 1. The van der Waals surface area contributed by atoms with Gasteiger partial charge in [-0.15, -0.1) is 0 Å². The van der Waals surface area contributed by atoms with Gasteiger partial charge in [-0.05, 0) is 24.3 Å². The molecule has 1 amide bonds. The van der Waals surface area contributed by atoms with E-state index in [9.17, 15) is 32.5 Å². The second-order valence-electron chi connectivity index (χ2n) is 5.11. The van der Waals surface area contributed by atoms with Crippen LogP contribution >= 0.6 is 11.6 Å². The van der Waals surface area contributed by atoms with E-state index in [-0.39, 0.29) is 36.5 Å². The van der Waals surface area contributed by atoms with E-state index in [2.05, 4.69) is 10.1 Å². The monoisotopic (exact) mass is 441 g/mol. The molecule has 0 saturated carbocycles. The van der Waals surface area contributed by atoms with Crippen LogP contribution in [0.3, 0.4) is 0 Å². The first-order chi connectivity index (χ1) is 13.1. The Bertz CT molecular complexity index is 991. The summed E-state index contributed by atoms with van der Waals surface area (Å²) in [7, 11) is 0. The molecule has 0 saturated heterocycles. The number of hydrogen-bond donors (Lipinski definition) is 1. The molecule has 2 aromatic rings. The third-order valence-electron chi connectivity index (χ3n) is 3.30. The molecular formula is C16H9ClF4N3NaO4. The fraction of sp³-hybridized carbons (Fsp3) is 0.125. The van der Waals surface area contributed by atoms with Crippen LogP contribution in [0.15, 0.2) is 36.4 Å². The van der Waals surface area contributed by atoms with Crippen LogP contribution in [0.4, 0.5) is 28.9 Å². The van der Waals surface area contributed by atoms with Crippen molar-refractivity contribution in [3.63, 3.8) is 0 Å². The molecule has 0 spiro atoms. The molecule has 2 aromatic carbocycles. The van der Waals surface area contributed by atoms with Gasteiger partial charge in [-0.2, -0.15) is 22.8 Å². The number of nitrogens with one attached hydrogen (secondary N) is 1. The van der Waals surface area contributed by atoms with Gasteiger partial charge in [0, 0.05) is 0 Å². The average Bonchev–Trinajstić information content (AvgIpc) is 2.61. The number of benzene rings is 2. The molecule has 0 aromatic heterocycles. The van der Waals surface area contributed by atoms with Crippen molar-refractivity contribution in [2.45, 2.75) is 12.5 Å². The minimum Gasteiger partial charge on any atom is -1.00 e. The third-order valence-corrected chi connectivity index (χ3v) is 3.68. The maximum atomic E-state index is 13.2. The van der Waals surface area contributed by atoms with E-state index in [1.807, 2.05) is 0 Å². The summed E-state index contributed by atoms with van der Waals surface area (Å²) < 4.78 is 55.0. The Morgan fingerprint density at radius 2 is 1.93 bits per heavy atom. The van der Waals surface area contributed by atoms with E-state index in [1.165, 1.54) is 6.07 Å². The SMILES string of the molecule is N#Cc1ccc(NC(=O)c2ccccc2OC(F)(F)C(F)F)c([N+](=O)[O-])c1Cl.[H-].[Na+]. The Labute approximate surface area is 189 Å². The Morgan fingerprint density at radius 1 is 1.31 bits per heavy atom. The van der Waals surface area contributed by atoms with Crippen LogP contribution in [0.2, 0.25) is 5.02 Å². The van der Waals surface area contributed by atoms with Crippen LogP contribution in [0.1, 0.15) is 17.3 Å². The topological polar surface area (TPSA) is 105 Å². The molecule has 0 heterocycles. The molecule has 0 aliphatic heterocycles. The van der Waals surface area contributed by atoms with Gasteiger partial charge in [0.2, 0.25) is 0 Å². The van der Waals surface area contributed by atoms with Crippen LogP contribution in [0, 0.1) is 21.4 Å². The Hall–Kier alpha value is -2.39. The summed E-state index contributed by atoms with van der Waals surface area (Å²) in [6.45, 7) is 0. The standard InChI is InChI=1S/C16H8ClF4N3O4.Na.H/c17-12-8(7-22)5-6-10(13(12)24(26)27)23-14(25)9-3-1-2-4-11(9)28-16(20,21)15(18)19;;/h1-6,15H,(H,23,25);;/q;+1;-1. The molecule has 0 atom stereocenters. The summed E-state index contributed by atoms with van der Waals surface area (Å²) in [5.41, 5.74) is -2.05. The second-order valence-corrected chi connectivity index (χ2v) is 5.48. The van der Waals surface area contributed by atoms with Crippen LogP contribution in [0.5, 0.6) is 5.75 Å². The number of nitrogens with zero attached hydrogens (tertiary/aromatic N) is 2. The molecule has 7 nitrogen and oxygen atoms in total. The summed E-state index contributed by atoms with van der Waals surface area (Å²) >= 11 is 5.77. The molecule has 148 valence electrons. The quantitative estimate of drug-likeness (QED) is 0.318. The van der Waals surface area contributed by atoms with E-state index in [0.717, 1.165) is 30.3 Å². The zero-order valence-corrected chi connectivity index (χ0v) is 17.2. The zero-order valence-electron chi connectivity index (χ0n) is 15.5. The Kier molecular flexibility index (Phi) is 8.40. The normalized spacial score (nSPS) is 10.7. The van der Waals surface area contributed by atoms with Crippen molar-refractivity contribution in [1.29, 1.82) is 5.26 Å². The molecule has 1 N–H and O–H groups in total. The maximum absolute atomic E-state index is 13.2. The van der Waals surface area contributed by atoms with Crippen LogP contribution in [0.25, 0.3) is 0 Å². The van der Waals surface area contributed by atoms with Crippen LogP contribution < -0.4 is 39.6 Å². The third kappa shape index (κ3) is 5.57. The van der Waals surface area contributed by atoms with Gasteiger partial charge in [0.1, 0.15) is 22.5 Å². The fourth-order valence-electron chi connectivity index (χ4n) is 2.05. The van der Waals surface area contributed by atoms with Crippen LogP contribution in [-0.4, -0.2) is 23.4 Å². The van der Waals surface area contributed by atoms with Gasteiger partial charge < -0.3 is 11.5 Å². The number of hydrogen-bond acceptors (Lipinski definition) is 5. The van der Waals surface area contributed by atoms with E-state index in [1.54, 1.807) is 6.07 Å². The Balaban J connectivity index is 0.00000420. The fourth-order valence-corrected chi connectivity index (χ4v) is 2.33. The first-order valence-electron chi connectivity index (χ1n) is 7.20. The molecule has 2 rings (SSSR count). The number of para-hydroxylation sites is 1. The number of rotatable bonds is 6. The van der Waals surface area contributed by atoms with Crippen molar-refractivity contribution < 1.29 is 63.0 Å². The van der Waals surface area contributed by atoms with E-state index in [0.29, 0.717) is 0 Å². The number of nitriles is 1. The first-order valence-corrected chi connectivity index (χ1v) is 7.58. The second kappa shape index (κ2) is 9.89. The summed E-state index contributed by atoms with van der Waals surface area (Å²) in [6, 6.07) is 7.97. The molecule has 0 unspecified atom stereocenters. The molecule has 0 bridgehead atoms. The number of anilines is 1. The molecule has 29 heavy (non-hydrogen) atoms. The van der Waals surface area contributed by atoms with Gasteiger partial charge >= 0.3 is 47.8 Å². The number of carbonyl (C=O) groups excluding carboxylic acids is 1. The molecule has 0 aliphatic rings. The largest absolute Gasteiger partial charge is 1.00 e. The van der Waals surface area contributed by atoms with Crippen molar-refractivity contribution in [3.8, 4) is 11.8 Å². The van der Waals surface area contributed by atoms with Gasteiger partial charge in [-0.3, -0.25) is 14.9 Å². The predicted octanol–water partition coefficient (Wildman–Crippen LogP) is 1.73. The number of nitro benzene ring substituents is 1. The molecule has 0 radical (unpaired) electrons. The van der Waals surface area contributed by atoms with Crippen molar-refractivity contribution in [3.05, 3.63) is 62.7 Å². The number of alkyl halides is 4. The van der Waals surface area contributed by atoms with Gasteiger partial charge in [0.15, 0.2) is 0 Å². The minimum atomic E-state index is -4.86. The maximum Gasteiger partial charge on any atom is 1.00 e. The summed E-state index contributed by atoms with van der Waals surface area (Å²) in [5.74, 6) is -2.03. The van der Waals surface area contributed by atoms with E-state index < -0.39 is 51.1 Å². The van der Waals surface area contributed by atoms with Crippen molar-refractivity contribution in [2.24, 2.45) is 0 Å². The molecular weight excluding hydrogens is 433 g/mol. The number of halogens is 5. The summed E-state index contributed by atoms with van der Waals surface area (Å²) in [6.07, 6.45) is -9.01. The van der Waals surface area contributed by atoms with Gasteiger partial charge in [0.05, 0.1) is 16.1 Å². The number of ether oxygens (including phenoxy) is 1. The molecule has 0 aliphatic carbocycles. The number of nitro groups is 1. The average molecular weight is 442 g/mol. The smallest absolute Gasteiger partial charge is 1.00 e. The van der Waals surface area contributed by atoms with Gasteiger partial charge in [-0.1, -0.05) is 23.7 Å². The summed E-state index contributed by atoms with van der Waals surface area (Å²) in [4.78, 5) is 22.6. The number of carbonyl (C=O) groups is 1. The van der Waals surface area contributed by atoms with Crippen molar-refractivity contribution in [1.82, 2.24) is 0 Å². The molecule has 0 fully saturated rings. The Morgan fingerprint density at radius 3 is 2.48 bits per heavy atom. The predicted molar refractivity (Wildman–Crippen MR) is 89.9 cm³/mol. The minimum absolute atomic E-state index is 0. The van der Waals surface area contributed by atoms with E-state index in [4.69, 9.17) is 16.9 Å². The van der Waals surface area contributed by atoms with Gasteiger partial charge in [-0.25, -0.2) is 0 Å². The molecule has 13 heteroatoms. The van der Waals surface area contributed by atoms with Crippen molar-refractivity contribution in [2.75, 3.05) is 5.32 Å². The van der Waals surface area contributed by atoms with Crippen molar-refractivity contribution >= 4 is 28.9 Å². The van der Waals surface area contributed by atoms with E-state index >= 15 is 0 Å². The zero-order chi connectivity index (χ0) is 21.1.